The molecule has 0 aromatic heterocycles. The van der Waals surface area contributed by atoms with E-state index in [0.717, 1.165) is 50.3 Å². The Morgan fingerprint density at radius 1 is 1.00 bits per heavy atom. The van der Waals surface area contributed by atoms with Gasteiger partial charge in [-0.1, -0.05) is 49.2 Å². The molecule has 1 heterocycles. The van der Waals surface area contributed by atoms with Crippen molar-refractivity contribution >= 4 is 0 Å². The van der Waals surface area contributed by atoms with Crippen LogP contribution in [0.4, 0.5) is 0 Å². The zero-order valence-corrected chi connectivity index (χ0v) is 16.8. The average molecular weight is 382 g/mol. The lowest BCUT2D eigenvalue weighted by Gasteiger charge is -2.33. The first kappa shape index (κ1) is 19.3. The van der Waals surface area contributed by atoms with Gasteiger partial charge in [-0.25, -0.2) is 0 Å². The summed E-state index contributed by atoms with van der Waals surface area (Å²) in [5.41, 5.74) is 2.43. The molecule has 2 aromatic rings. The number of nitrogens with one attached hydrogen (secondary N) is 1. The summed E-state index contributed by atoms with van der Waals surface area (Å²) in [5, 5.41) is 3.88. The number of rotatable bonds is 8. The standard InChI is InChI=1S/C24H31NO3/c1-26-23-13-5-3-11-21(23)24(14-6-7-15-24)25-17-19-9-2-4-12-22(19)28-18-20-10-8-16-27-20/h2-5,9,11-13,20,25H,6-8,10,14-18H2,1H3/t20-/m1/s1. The predicted octanol–water partition coefficient (Wildman–Crippen LogP) is 4.81. The molecule has 2 aromatic carbocycles. The minimum Gasteiger partial charge on any atom is -0.496 e. The van der Waals surface area contributed by atoms with Gasteiger partial charge in [-0.2, -0.15) is 0 Å². The normalized spacial score (nSPS) is 21.0. The summed E-state index contributed by atoms with van der Waals surface area (Å²) in [6.45, 7) is 2.27. The second-order valence-corrected chi connectivity index (χ2v) is 7.90. The molecule has 0 amide bonds. The van der Waals surface area contributed by atoms with Crippen molar-refractivity contribution in [3.05, 3.63) is 59.7 Å². The minimum atomic E-state index is -0.0335. The van der Waals surface area contributed by atoms with Gasteiger partial charge in [0.15, 0.2) is 0 Å². The Kier molecular flexibility index (Phi) is 6.18. The molecule has 0 radical (unpaired) electrons. The van der Waals surface area contributed by atoms with Crippen LogP contribution in [0, 0.1) is 0 Å². The SMILES string of the molecule is COc1ccccc1C1(NCc2ccccc2OC[C@H]2CCCO2)CCCC1. The summed E-state index contributed by atoms with van der Waals surface area (Å²) in [6.07, 6.45) is 7.20. The molecular formula is C24H31NO3. The van der Waals surface area contributed by atoms with Crippen LogP contribution in [0.25, 0.3) is 0 Å². The van der Waals surface area contributed by atoms with Gasteiger partial charge < -0.3 is 19.5 Å². The third-order valence-electron chi connectivity index (χ3n) is 6.12. The topological polar surface area (TPSA) is 39.7 Å². The summed E-state index contributed by atoms with van der Waals surface area (Å²) in [5.74, 6) is 1.93. The highest BCUT2D eigenvalue weighted by Crippen LogP contribution is 2.43. The fraction of sp³-hybridized carbons (Fsp3) is 0.500. The minimum absolute atomic E-state index is 0.0335. The molecule has 1 aliphatic carbocycles. The van der Waals surface area contributed by atoms with E-state index < -0.39 is 0 Å². The molecule has 4 rings (SSSR count). The van der Waals surface area contributed by atoms with Crippen molar-refractivity contribution in [3.8, 4) is 11.5 Å². The Morgan fingerprint density at radius 2 is 1.75 bits per heavy atom. The van der Waals surface area contributed by atoms with Gasteiger partial charge in [0, 0.05) is 29.8 Å². The van der Waals surface area contributed by atoms with Crippen LogP contribution in [0.3, 0.4) is 0 Å². The third kappa shape index (κ3) is 4.18. The van der Waals surface area contributed by atoms with E-state index in [0.29, 0.717) is 6.61 Å². The van der Waals surface area contributed by atoms with E-state index in [2.05, 4.69) is 41.7 Å². The maximum absolute atomic E-state index is 6.13. The van der Waals surface area contributed by atoms with Gasteiger partial charge in [0.25, 0.3) is 0 Å². The molecule has 4 heteroatoms. The Morgan fingerprint density at radius 3 is 2.50 bits per heavy atom. The molecule has 150 valence electrons. The molecule has 1 saturated carbocycles. The maximum Gasteiger partial charge on any atom is 0.123 e. The van der Waals surface area contributed by atoms with Gasteiger partial charge >= 0.3 is 0 Å². The van der Waals surface area contributed by atoms with Gasteiger partial charge in [-0.3, -0.25) is 0 Å². The highest BCUT2D eigenvalue weighted by Gasteiger charge is 2.37. The molecular weight excluding hydrogens is 350 g/mol. The largest absolute Gasteiger partial charge is 0.496 e. The van der Waals surface area contributed by atoms with E-state index in [-0.39, 0.29) is 11.6 Å². The predicted molar refractivity (Wildman–Crippen MR) is 111 cm³/mol. The van der Waals surface area contributed by atoms with Crippen molar-refractivity contribution in [2.45, 2.75) is 56.7 Å². The summed E-state index contributed by atoms with van der Waals surface area (Å²) < 4.78 is 17.5. The zero-order chi connectivity index (χ0) is 19.2. The summed E-state index contributed by atoms with van der Waals surface area (Å²) in [4.78, 5) is 0. The lowest BCUT2D eigenvalue weighted by molar-refractivity contribution is 0.0675. The Bertz CT molecular complexity index is 764. The lowest BCUT2D eigenvalue weighted by atomic mass is 9.87. The second kappa shape index (κ2) is 8.97. The van der Waals surface area contributed by atoms with Gasteiger partial charge in [0.2, 0.25) is 0 Å². The van der Waals surface area contributed by atoms with E-state index in [4.69, 9.17) is 14.2 Å². The van der Waals surface area contributed by atoms with Crippen LogP contribution < -0.4 is 14.8 Å². The fourth-order valence-corrected chi connectivity index (χ4v) is 4.57. The number of methoxy groups -OCH3 is 1. The first-order chi connectivity index (χ1) is 13.8. The van der Waals surface area contributed by atoms with Crippen LogP contribution >= 0.6 is 0 Å². The molecule has 1 atom stereocenters. The number of hydrogen-bond donors (Lipinski definition) is 1. The van der Waals surface area contributed by atoms with Crippen molar-refractivity contribution < 1.29 is 14.2 Å². The molecule has 28 heavy (non-hydrogen) atoms. The van der Waals surface area contributed by atoms with Crippen molar-refractivity contribution in [2.75, 3.05) is 20.3 Å². The van der Waals surface area contributed by atoms with E-state index in [1.165, 1.54) is 24.0 Å². The van der Waals surface area contributed by atoms with Crippen molar-refractivity contribution in [3.63, 3.8) is 0 Å². The van der Waals surface area contributed by atoms with E-state index in [1.807, 2.05) is 12.1 Å². The quantitative estimate of drug-likeness (QED) is 0.712. The summed E-state index contributed by atoms with van der Waals surface area (Å²) in [7, 11) is 1.76. The first-order valence-electron chi connectivity index (χ1n) is 10.5. The van der Waals surface area contributed by atoms with Gasteiger partial charge in [-0.15, -0.1) is 0 Å². The monoisotopic (exact) mass is 381 g/mol. The molecule has 0 unspecified atom stereocenters. The number of benzene rings is 2. The molecule has 0 spiro atoms. The van der Waals surface area contributed by atoms with Crippen LogP contribution in [0.2, 0.25) is 0 Å². The highest BCUT2D eigenvalue weighted by molar-refractivity contribution is 5.40. The van der Waals surface area contributed by atoms with E-state index in [9.17, 15) is 0 Å². The molecule has 1 N–H and O–H groups in total. The van der Waals surface area contributed by atoms with Gasteiger partial charge in [0.1, 0.15) is 18.1 Å². The number of hydrogen-bond acceptors (Lipinski definition) is 4. The maximum atomic E-state index is 6.13. The Balaban J connectivity index is 1.49. The number of ether oxygens (including phenoxy) is 3. The summed E-state index contributed by atoms with van der Waals surface area (Å²) in [6, 6.07) is 16.8. The molecule has 1 aliphatic heterocycles. The fourth-order valence-electron chi connectivity index (χ4n) is 4.57. The molecule has 2 aliphatic rings. The molecule has 1 saturated heterocycles. The molecule has 4 nitrogen and oxygen atoms in total. The first-order valence-corrected chi connectivity index (χ1v) is 10.5. The highest BCUT2D eigenvalue weighted by atomic mass is 16.5. The van der Waals surface area contributed by atoms with E-state index >= 15 is 0 Å². The molecule has 2 fully saturated rings. The van der Waals surface area contributed by atoms with Crippen LogP contribution in [0.15, 0.2) is 48.5 Å². The van der Waals surface area contributed by atoms with Gasteiger partial charge in [0.05, 0.1) is 13.2 Å². The second-order valence-electron chi connectivity index (χ2n) is 7.90. The molecule has 0 bridgehead atoms. The van der Waals surface area contributed by atoms with Gasteiger partial charge in [-0.05, 0) is 37.8 Å². The summed E-state index contributed by atoms with van der Waals surface area (Å²) >= 11 is 0. The van der Waals surface area contributed by atoms with Crippen molar-refractivity contribution in [1.29, 1.82) is 0 Å². The average Bonchev–Trinajstić information content (AvgIpc) is 3.44. The van der Waals surface area contributed by atoms with Crippen molar-refractivity contribution in [1.82, 2.24) is 5.32 Å². The van der Waals surface area contributed by atoms with Crippen LogP contribution in [0.5, 0.6) is 11.5 Å². The van der Waals surface area contributed by atoms with Crippen LogP contribution in [-0.2, 0) is 16.8 Å². The van der Waals surface area contributed by atoms with Crippen LogP contribution in [-0.4, -0.2) is 26.4 Å². The van der Waals surface area contributed by atoms with Crippen LogP contribution in [0.1, 0.15) is 49.7 Å². The smallest absolute Gasteiger partial charge is 0.123 e. The van der Waals surface area contributed by atoms with E-state index in [1.54, 1.807) is 7.11 Å². The Labute approximate surface area is 168 Å². The Hall–Kier alpha value is -2.04. The van der Waals surface area contributed by atoms with Crippen molar-refractivity contribution in [2.24, 2.45) is 0 Å². The zero-order valence-electron chi connectivity index (χ0n) is 16.8. The number of para-hydroxylation sites is 2. The lowest BCUT2D eigenvalue weighted by Crippen LogP contribution is -2.39. The third-order valence-corrected chi connectivity index (χ3v) is 6.12.